The van der Waals surface area contributed by atoms with Crippen molar-refractivity contribution >= 4 is 35.0 Å². The van der Waals surface area contributed by atoms with E-state index >= 15 is 0 Å². The number of nitrogens with one attached hydrogen (secondary N) is 1. The molecule has 0 bridgehead atoms. The minimum atomic E-state index is -0.380. The Balaban J connectivity index is 2.00. The summed E-state index contributed by atoms with van der Waals surface area (Å²) >= 11 is 12.0. The van der Waals surface area contributed by atoms with Crippen molar-refractivity contribution in [2.24, 2.45) is 0 Å². The van der Waals surface area contributed by atoms with E-state index in [4.69, 9.17) is 23.2 Å². The summed E-state index contributed by atoms with van der Waals surface area (Å²) in [6.45, 7) is 2.74. The van der Waals surface area contributed by atoms with Gasteiger partial charge in [-0.1, -0.05) is 23.2 Å². The second-order valence-electron chi connectivity index (χ2n) is 5.04. The summed E-state index contributed by atoms with van der Waals surface area (Å²) < 4.78 is 0. The number of likely N-dealkylation sites (N-methyl/N-ethyl adjacent to an activating group) is 1. The molecule has 0 saturated carbocycles. The van der Waals surface area contributed by atoms with Gasteiger partial charge in [0.15, 0.2) is 0 Å². The van der Waals surface area contributed by atoms with Crippen molar-refractivity contribution in [2.75, 3.05) is 6.54 Å². The quantitative estimate of drug-likeness (QED) is 0.923. The summed E-state index contributed by atoms with van der Waals surface area (Å²) in [5.41, 5.74) is 0.766. The predicted octanol–water partition coefficient (Wildman–Crippen LogP) is 3.01. The number of likely N-dealkylation sites (tertiary alicyclic amines) is 1. The Morgan fingerprint density at radius 1 is 1.43 bits per heavy atom. The lowest BCUT2D eigenvalue weighted by atomic mass is 10.0. The van der Waals surface area contributed by atoms with Crippen molar-refractivity contribution in [1.29, 1.82) is 0 Å². The molecule has 0 aromatic heterocycles. The molecule has 1 N–H and O–H groups in total. The molecule has 1 aromatic rings. The van der Waals surface area contributed by atoms with Gasteiger partial charge in [-0.3, -0.25) is 9.59 Å². The number of amides is 2. The number of rotatable bonds is 4. The second-order valence-corrected chi connectivity index (χ2v) is 5.88. The maximum atomic E-state index is 12.3. The van der Waals surface area contributed by atoms with E-state index in [2.05, 4.69) is 5.32 Å². The molecule has 21 heavy (non-hydrogen) atoms. The van der Waals surface area contributed by atoms with E-state index in [1.807, 2.05) is 6.92 Å². The molecule has 4 nitrogen and oxygen atoms in total. The molecular weight excluding hydrogens is 311 g/mol. The van der Waals surface area contributed by atoms with E-state index < -0.39 is 0 Å². The zero-order valence-electron chi connectivity index (χ0n) is 11.9. The number of halogens is 2. The number of benzene rings is 1. The van der Waals surface area contributed by atoms with Crippen molar-refractivity contribution in [3.63, 3.8) is 0 Å². The van der Waals surface area contributed by atoms with Gasteiger partial charge in [0.25, 0.3) is 0 Å². The van der Waals surface area contributed by atoms with Crippen LogP contribution >= 0.6 is 23.2 Å². The molecule has 1 aliphatic rings. The monoisotopic (exact) mass is 328 g/mol. The number of hydrogen-bond acceptors (Lipinski definition) is 2. The Bertz CT molecular complexity index is 548. The van der Waals surface area contributed by atoms with Crippen molar-refractivity contribution < 1.29 is 9.59 Å². The zero-order valence-corrected chi connectivity index (χ0v) is 13.4. The first-order valence-corrected chi connectivity index (χ1v) is 7.79. The lowest BCUT2D eigenvalue weighted by molar-refractivity contribution is -0.143. The van der Waals surface area contributed by atoms with Crippen LogP contribution in [0.3, 0.4) is 0 Å². The Kier molecular flexibility index (Phi) is 5.48. The van der Waals surface area contributed by atoms with Crippen LogP contribution in [0.5, 0.6) is 0 Å². The molecule has 1 fully saturated rings. The standard InChI is InChI=1S/C15H18Cl2N2O2/c1-2-19-13(4-3-5-14(19)20)15(21)18-9-10-8-11(16)6-7-12(10)17/h6-8,13H,2-5,9H2,1H3,(H,18,21). The van der Waals surface area contributed by atoms with Crippen molar-refractivity contribution in [2.45, 2.75) is 38.8 Å². The van der Waals surface area contributed by atoms with Crippen LogP contribution in [-0.4, -0.2) is 29.3 Å². The van der Waals surface area contributed by atoms with E-state index in [0.29, 0.717) is 36.0 Å². The highest BCUT2D eigenvalue weighted by Gasteiger charge is 2.31. The smallest absolute Gasteiger partial charge is 0.243 e. The van der Waals surface area contributed by atoms with Crippen LogP contribution in [0, 0.1) is 0 Å². The summed E-state index contributed by atoms with van der Waals surface area (Å²) in [4.78, 5) is 25.8. The van der Waals surface area contributed by atoms with E-state index in [1.165, 1.54) is 0 Å². The van der Waals surface area contributed by atoms with Gasteiger partial charge in [0.1, 0.15) is 6.04 Å². The van der Waals surface area contributed by atoms with Crippen LogP contribution in [0.15, 0.2) is 18.2 Å². The van der Waals surface area contributed by atoms with Crippen molar-refractivity contribution in [1.82, 2.24) is 10.2 Å². The van der Waals surface area contributed by atoms with E-state index in [-0.39, 0.29) is 17.9 Å². The number of carbonyl (C=O) groups excluding carboxylic acids is 2. The molecule has 1 heterocycles. The minimum Gasteiger partial charge on any atom is -0.350 e. The fraction of sp³-hybridized carbons (Fsp3) is 0.467. The number of piperidine rings is 1. The Labute approximate surface area is 134 Å². The molecular formula is C15H18Cl2N2O2. The second kappa shape index (κ2) is 7.14. The third kappa shape index (κ3) is 3.89. The first kappa shape index (κ1) is 16.1. The lowest BCUT2D eigenvalue weighted by Crippen LogP contribution is -2.51. The van der Waals surface area contributed by atoms with Crippen molar-refractivity contribution in [3.8, 4) is 0 Å². The highest BCUT2D eigenvalue weighted by Crippen LogP contribution is 2.21. The summed E-state index contributed by atoms with van der Waals surface area (Å²) in [6, 6.07) is 4.75. The first-order chi connectivity index (χ1) is 10.0. The fourth-order valence-corrected chi connectivity index (χ4v) is 2.95. The lowest BCUT2D eigenvalue weighted by Gasteiger charge is -2.33. The number of nitrogens with zero attached hydrogens (tertiary/aromatic N) is 1. The molecule has 0 spiro atoms. The van der Waals surface area contributed by atoms with Crippen LogP contribution in [0.25, 0.3) is 0 Å². The van der Waals surface area contributed by atoms with Gasteiger partial charge in [0.05, 0.1) is 0 Å². The van der Waals surface area contributed by atoms with Gasteiger partial charge in [-0.05, 0) is 43.5 Å². The molecule has 1 aromatic carbocycles. The molecule has 2 rings (SSSR count). The van der Waals surface area contributed by atoms with Gasteiger partial charge < -0.3 is 10.2 Å². The largest absolute Gasteiger partial charge is 0.350 e. The third-order valence-corrected chi connectivity index (χ3v) is 4.27. The SMILES string of the molecule is CCN1C(=O)CCCC1C(=O)NCc1cc(Cl)ccc1Cl. The van der Waals surface area contributed by atoms with Gasteiger partial charge in [0, 0.05) is 29.6 Å². The highest BCUT2D eigenvalue weighted by atomic mass is 35.5. The Hall–Kier alpha value is -1.26. The van der Waals surface area contributed by atoms with Crippen LogP contribution in [0.2, 0.25) is 10.0 Å². The predicted molar refractivity (Wildman–Crippen MR) is 83.3 cm³/mol. The van der Waals surface area contributed by atoms with Gasteiger partial charge in [-0.2, -0.15) is 0 Å². The molecule has 0 aliphatic carbocycles. The van der Waals surface area contributed by atoms with Crippen LogP contribution in [-0.2, 0) is 16.1 Å². The van der Waals surface area contributed by atoms with E-state index in [9.17, 15) is 9.59 Å². The van der Waals surface area contributed by atoms with Gasteiger partial charge >= 0.3 is 0 Å². The van der Waals surface area contributed by atoms with Crippen LogP contribution < -0.4 is 5.32 Å². The average molecular weight is 329 g/mol. The number of carbonyl (C=O) groups is 2. The van der Waals surface area contributed by atoms with Gasteiger partial charge in [0.2, 0.25) is 11.8 Å². The first-order valence-electron chi connectivity index (χ1n) is 7.04. The normalized spacial score (nSPS) is 18.7. The molecule has 1 unspecified atom stereocenters. The summed E-state index contributed by atoms with van der Waals surface area (Å²) in [7, 11) is 0. The molecule has 2 amide bonds. The van der Waals surface area contributed by atoms with E-state index in [0.717, 1.165) is 12.0 Å². The molecule has 1 saturated heterocycles. The van der Waals surface area contributed by atoms with Gasteiger partial charge in [-0.25, -0.2) is 0 Å². The summed E-state index contributed by atoms with van der Waals surface area (Å²) in [6.07, 6.45) is 1.98. The van der Waals surface area contributed by atoms with Crippen LogP contribution in [0.1, 0.15) is 31.7 Å². The summed E-state index contributed by atoms with van der Waals surface area (Å²) in [5.74, 6) is -0.0920. The Morgan fingerprint density at radius 3 is 2.90 bits per heavy atom. The molecule has 114 valence electrons. The fourth-order valence-electron chi connectivity index (χ4n) is 2.57. The zero-order chi connectivity index (χ0) is 15.4. The Morgan fingerprint density at radius 2 is 2.19 bits per heavy atom. The maximum Gasteiger partial charge on any atom is 0.243 e. The summed E-state index contributed by atoms with van der Waals surface area (Å²) in [5, 5.41) is 3.98. The van der Waals surface area contributed by atoms with Crippen LogP contribution in [0.4, 0.5) is 0 Å². The van der Waals surface area contributed by atoms with Gasteiger partial charge in [-0.15, -0.1) is 0 Å². The maximum absolute atomic E-state index is 12.3. The minimum absolute atomic E-state index is 0.0460. The molecule has 1 atom stereocenters. The topological polar surface area (TPSA) is 49.4 Å². The highest BCUT2D eigenvalue weighted by molar-refractivity contribution is 6.33. The molecule has 1 aliphatic heterocycles. The number of hydrogen-bond donors (Lipinski definition) is 1. The average Bonchev–Trinajstić information content (AvgIpc) is 2.47. The molecule has 6 heteroatoms. The van der Waals surface area contributed by atoms with E-state index in [1.54, 1.807) is 23.1 Å². The third-order valence-electron chi connectivity index (χ3n) is 3.67. The van der Waals surface area contributed by atoms with Crippen molar-refractivity contribution in [3.05, 3.63) is 33.8 Å². The molecule has 0 radical (unpaired) electrons.